The van der Waals surface area contributed by atoms with Crippen molar-refractivity contribution in [1.29, 1.82) is 0 Å². The smallest absolute Gasteiger partial charge is 0.319 e. The summed E-state index contributed by atoms with van der Waals surface area (Å²) in [5, 5.41) is 10.1. The zero-order valence-corrected chi connectivity index (χ0v) is 20.9. The summed E-state index contributed by atoms with van der Waals surface area (Å²) in [5.74, 6) is -0.612. The number of carbonyl (C=O) groups is 2. The average molecular weight is 484 g/mol. The zero-order valence-electron chi connectivity index (χ0n) is 20.9. The number of aromatic nitrogens is 3. The van der Waals surface area contributed by atoms with Crippen LogP contribution in [0.15, 0.2) is 18.3 Å². The lowest BCUT2D eigenvalue weighted by Crippen LogP contribution is -2.66. The zero-order chi connectivity index (χ0) is 25.0. The molecule has 2 fully saturated rings. The van der Waals surface area contributed by atoms with Crippen molar-refractivity contribution in [2.24, 2.45) is 0 Å². The lowest BCUT2D eigenvalue weighted by molar-refractivity contribution is -0.00946. The molecule has 0 aliphatic carbocycles. The molecule has 0 saturated carbocycles. The van der Waals surface area contributed by atoms with Crippen molar-refractivity contribution in [1.82, 2.24) is 29.9 Å². The molecule has 2 unspecified atom stereocenters. The molecule has 9 nitrogen and oxygen atoms in total. The maximum absolute atomic E-state index is 14.1. The molecule has 0 bridgehead atoms. The van der Waals surface area contributed by atoms with E-state index in [1.807, 2.05) is 18.7 Å². The van der Waals surface area contributed by atoms with E-state index in [0.29, 0.717) is 12.4 Å². The van der Waals surface area contributed by atoms with E-state index < -0.39 is 17.3 Å². The van der Waals surface area contributed by atoms with Crippen molar-refractivity contribution in [2.45, 2.75) is 77.0 Å². The van der Waals surface area contributed by atoms with Gasteiger partial charge in [0.05, 0.1) is 24.0 Å². The first-order valence-corrected chi connectivity index (χ1v) is 12.5. The van der Waals surface area contributed by atoms with E-state index >= 15 is 0 Å². The molecule has 188 valence electrons. The molecule has 3 aliphatic heterocycles. The summed E-state index contributed by atoms with van der Waals surface area (Å²) in [7, 11) is 0. The molecule has 2 aromatic heterocycles. The minimum absolute atomic E-state index is 0.0308. The van der Waals surface area contributed by atoms with Gasteiger partial charge in [-0.3, -0.25) is 14.8 Å². The van der Waals surface area contributed by atoms with Crippen molar-refractivity contribution in [2.75, 3.05) is 25.0 Å². The highest BCUT2D eigenvalue weighted by Gasteiger charge is 2.51. The summed E-state index contributed by atoms with van der Waals surface area (Å²) < 4.78 is 13.2. The van der Waals surface area contributed by atoms with Crippen LogP contribution in [0.3, 0.4) is 0 Å². The number of halogens is 1. The lowest BCUT2D eigenvalue weighted by Gasteiger charge is -2.52. The molecule has 3 amide bonds. The van der Waals surface area contributed by atoms with Crippen molar-refractivity contribution in [3.8, 4) is 0 Å². The van der Waals surface area contributed by atoms with E-state index in [1.54, 1.807) is 0 Å². The molecule has 2 N–H and O–H groups in total. The van der Waals surface area contributed by atoms with Crippen LogP contribution in [-0.4, -0.2) is 73.0 Å². The monoisotopic (exact) mass is 483 g/mol. The van der Waals surface area contributed by atoms with E-state index in [-0.39, 0.29) is 23.3 Å². The number of pyridine rings is 1. The first-order chi connectivity index (χ1) is 16.7. The van der Waals surface area contributed by atoms with E-state index in [1.165, 1.54) is 18.6 Å². The van der Waals surface area contributed by atoms with Gasteiger partial charge in [0.2, 0.25) is 0 Å². The van der Waals surface area contributed by atoms with Gasteiger partial charge in [0.15, 0.2) is 5.82 Å². The fraction of sp³-hybridized carbons (Fsp3) is 0.600. The summed E-state index contributed by atoms with van der Waals surface area (Å²) in [6.07, 6.45) is 5.26. The standard InChI is InChI=1S/C25H34FN7O2/c1-5-17-13-31-11-7-10-25(31,6-2)15-32(17)23(35)33-14-18-20(24(33,3)4)29-30-21(18)28-22(34)19-9-8-16(26)12-27-19/h8-9,12,17H,5-7,10-11,13-15H2,1-4H3,(H2,28,29,30,34). The Bertz CT molecular complexity index is 1130. The van der Waals surface area contributed by atoms with Crippen LogP contribution in [-0.2, 0) is 12.1 Å². The molecule has 0 spiro atoms. The van der Waals surface area contributed by atoms with E-state index in [9.17, 15) is 14.0 Å². The number of anilines is 1. The number of hydrogen-bond acceptors (Lipinski definition) is 5. The van der Waals surface area contributed by atoms with Crippen molar-refractivity contribution in [3.63, 3.8) is 0 Å². The highest BCUT2D eigenvalue weighted by Crippen LogP contribution is 2.43. The number of fused-ring (bicyclic) bond motifs is 2. The molecule has 2 atom stereocenters. The van der Waals surface area contributed by atoms with Crippen LogP contribution in [0, 0.1) is 5.82 Å². The van der Waals surface area contributed by atoms with E-state index in [4.69, 9.17) is 0 Å². The van der Waals surface area contributed by atoms with Crippen LogP contribution in [0.4, 0.5) is 15.0 Å². The molecule has 5 rings (SSSR count). The van der Waals surface area contributed by atoms with Gasteiger partial charge in [-0.1, -0.05) is 13.8 Å². The Balaban J connectivity index is 1.38. The molecular formula is C25H34FN7O2. The van der Waals surface area contributed by atoms with Gasteiger partial charge in [0, 0.05) is 30.2 Å². The molecular weight excluding hydrogens is 449 g/mol. The number of nitrogens with one attached hydrogen (secondary N) is 2. The molecule has 2 aromatic rings. The van der Waals surface area contributed by atoms with Crippen LogP contribution in [0.25, 0.3) is 0 Å². The average Bonchev–Trinajstić information content (AvgIpc) is 3.52. The largest absolute Gasteiger partial charge is 0.321 e. The quantitative estimate of drug-likeness (QED) is 0.691. The number of urea groups is 1. The van der Waals surface area contributed by atoms with Crippen LogP contribution in [0.5, 0.6) is 0 Å². The molecule has 35 heavy (non-hydrogen) atoms. The molecule has 0 radical (unpaired) electrons. The predicted octanol–water partition coefficient (Wildman–Crippen LogP) is 3.71. The Morgan fingerprint density at radius 1 is 1.29 bits per heavy atom. The fourth-order valence-corrected chi connectivity index (χ4v) is 6.11. The third kappa shape index (κ3) is 3.78. The second-order valence-corrected chi connectivity index (χ2v) is 10.5. The van der Waals surface area contributed by atoms with Gasteiger partial charge in [-0.25, -0.2) is 14.2 Å². The highest BCUT2D eigenvalue weighted by molar-refractivity contribution is 6.02. The Morgan fingerprint density at radius 3 is 2.77 bits per heavy atom. The number of carbonyl (C=O) groups excluding carboxylic acids is 2. The number of H-pyrrole nitrogens is 1. The lowest BCUT2D eigenvalue weighted by atomic mass is 9.88. The van der Waals surface area contributed by atoms with Gasteiger partial charge in [0.25, 0.3) is 5.91 Å². The number of piperazine rings is 1. The highest BCUT2D eigenvalue weighted by atomic mass is 19.1. The number of nitrogens with zero attached hydrogens (tertiary/aromatic N) is 5. The minimum atomic E-state index is -0.610. The summed E-state index contributed by atoms with van der Waals surface area (Å²) in [4.78, 5) is 37.1. The third-order valence-corrected chi connectivity index (χ3v) is 8.35. The van der Waals surface area contributed by atoms with Crippen molar-refractivity contribution in [3.05, 3.63) is 41.1 Å². The second kappa shape index (κ2) is 8.58. The SMILES string of the molecule is CCC1CN2CCCC2(CC)CN1C(=O)N1Cc2c(NC(=O)c3ccc(F)cn3)n[nH]c2C1(C)C. The summed E-state index contributed by atoms with van der Waals surface area (Å²) in [5.41, 5.74) is 1.16. The number of amides is 3. The second-order valence-electron chi connectivity index (χ2n) is 10.5. The molecule has 2 saturated heterocycles. The molecule has 3 aliphatic rings. The Hall–Kier alpha value is -3.01. The van der Waals surface area contributed by atoms with Crippen LogP contribution in [0.2, 0.25) is 0 Å². The maximum atomic E-state index is 14.1. The van der Waals surface area contributed by atoms with Gasteiger partial charge >= 0.3 is 6.03 Å². The Kier molecular flexibility index (Phi) is 5.82. The maximum Gasteiger partial charge on any atom is 0.321 e. The number of rotatable bonds is 4. The fourth-order valence-electron chi connectivity index (χ4n) is 6.11. The normalized spacial score (nSPS) is 25.5. The summed E-state index contributed by atoms with van der Waals surface area (Å²) >= 11 is 0. The van der Waals surface area contributed by atoms with Gasteiger partial charge in [0.1, 0.15) is 11.5 Å². The first kappa shape index (κ1) is 23.7. The van der Waals surface area contributed by atoms with Crippen LogP contribution >= 0.6 is 0 Å². The minimum Gasteiger partial charge on any atom is -0.319 e. The van der Waals surface area contributed by atoms with E-state index in [0.717, 1.165) is 56.4 Å². The number of hydrogen-bond donors (Lipinski definition) is 2. The Morgan fingerprint density at radius 2 is 2.09 bits per heavy atom. The summed E-state index contributed by atoms with van der Waals surface area (Å²) in [6.45, 7) is 11.5. The molecule has 0 aromatic carbocycles. The van der Waals surface area contributed by atoms with Gasteiger partial charge < -0.3 is 15.1 Å². The predicted molar refractivity (Wildman–Crippen MR) is 129 cm³/mol. The van der Waals surface area contributed by atoms with E-state index in [2.05, 4.69) is 44.1 Å². The topological polar surface area (TPSA) is 97.5 Å². The first-order valence-electron chi connectivity index (χ1n) is 12.5. The van der Waals surface area contributed by atoms with Gasteiger partial charge in [-0.05, 0) is 58.2 Å². The van der Waals surface area contributed by atoms with Crippen molar-refractivity contribution >= 4 is 17.8 Å². The third-order valence-electron chi connectivity index (χ3n) is 8.35. The Labute approximate surface area is 205 Å². The van der Waals surface area contributed by atoms with Gasteiger partial charge in [-0.15, -0.1) is 0 Å². The van der Waals surface area contributed by atoms with Crippen molar-refractivity contribution < 1.29 is 14.0 Å². The molecule has 5 heterocycles. The van der Waals surface area contributed by atoms with Crippen LogP contribution in [0.1, 0.15) is 75.1 Å². The summed E-state index contributed by atoms with van der Waals surface area (Å²) in [6, 6.07) is 2.73. The molecule has 10 heteroatoms. The number of aromatic amines is 1. The van der Waals surface area contributed by atoms with Crippen LogP contribution < -0.4 is 5.32 Å². The van der Waals surface area contributed by atoms with Gasteiger partial charge in [-0.2, -0.15) is 5.10 Å².